The van der Waals surface area contributed by atoms with Gasteiger partial charge in [-0.1, -0.05) is 18.2 Å². The molecule has 0 aliphatic rings. The average Bonchev–Trinajstić information content (AvgIpc) is 3.20. The molecule has 3 aromatic rings. The summed E-state index contributed by atoms with van der Waals surface area (Å²) >= 11 is 0. The van der Waals surface area contributed by atoms with Gasteiger partial charge in [0.1, 0.15) is 24.0 Å². The summed E-state index contributed by atoms with van der Waals surface area (Å²) in [5, 5.41) is 6.51. The van der Waals surface area contributed by atoms with Crippen molar-refractivity contribution in [1.29, 1.82) is 0 Å². The average molecular weight is 440 g/mol. The molecule has 170 valence electrons. The van der Waals surface area contributed by atoms with Crippen molar-refractivity contribution < 1.29 is 13.9 Å². The fraction of sp³-hybridized carbons (Fsp3) is 0.333. The van der Waals surface area contributed by atoms with Crippen molar-refractivity contribution in [2.24, 2.45) is 4.99 Å². The quantitative estimate of drug-likeness (QED) is 0.303. The van der Waals surface area contributed by atoms with E-state index in [4.69, 9.17) is 9.47 Å². The SMILES string of the molecule is CN=C(NCc1ccc(-n2ccnc2C)c(F)c1)NCc1ccc(C)cc1OCCOC. The summed E-state index contributed by atoms with van der Waals surface area (Å²) < 4.78 is 27.3. The van der Waals surface area contributed by atoms with Crippen LogP contribution in [0.1, 0.15) is 22.5 Å². The summed E-state index contributed by atoms with van der Waals surface area (Å²) in [7, 11) is 3.35. The van der Waals surface area contributed by atoms with Crippen molar-refractivity contribution in [2.45, 2.75) is 26.9 Å². The topological polar surface area (TPSA) is 72.7 Å². The van der Waals surface area contributed by atoms with Crippen molar-refractivity contribution in [3.63, 3.8) is 0 Å². The molecule has 0 radical (unpaired) electrons. The Labute approximate surface area is 188 Å². The Balaban J connectivity index is 1.59. The third kappa shape index (κ3) is 6.07. The number of hydrogen-bond donors (Lipinski definition) is 2. The molecule has 0 spiro atoms. The van der Waals surface area contributed by atoms with Gasteiger partial charge in [0.05, 0.1) is 12.3 Å². The first-order valence-electron chi connectivity index (χ1n) is 10.5. The number of halogens is 1. The van der Waals surface area contributed by atoms with Gasteiger partial charge < -0.3 is 24.7 Å². The van der Waals surface area contributed by atoms with Crippen LogP contribution in [-0.2, 0) is 17.8 Å². The molecule has 3 rings (SSSR count). The highest BCUT2D eigenvalue weighted by atomic mass is 19.1. The van der Waals surface area contributed by atoms with E-state index in [-0.39, 0.29) is 5.82 Å². The molecule has 0 unspecified atom stereocenters. The lowest BCUT2D eigenvalue weighted by Gasteiger charge is -2.16. The zero-order valence-corrected chi connectivity index (χ0v) is 19.0. The molecule has 8 heteroatoms. The summed E-state index contributed by atoms with van der Waals surface area (Å²) in [5.74, 6) is 1.87. The van der Waals surface area contributed by atoms with Crippen molar-refractivity contribution in [2.75, 3.05) is 27.4 Å². The van der Waals surface area contributed by atoms with Gasteiger partial charge in [0.15, 0.2) is 5.96 Å². The van der Waals surface area contributed by atoms with Gasteiger partial charge in [-0.15, -0.1) is 0 Å². The number of methoxy groups -OCH3 is 1. The van der Waals surface area contributed by atoms with Crippen LogP contribution in [0.2, 0.25) is 0 Å². The maximum absolute atomic E-state index is 14.6. The van der Waals surface area contributed by atoms with Gasteiger partial charge in [-0.3, -0.25) is 4.99 Å². The predicted octanol–water partition coefficient (Wildman–Crippen LogP) is 3.52. The highest BCUT2D eigenvalue weighted by Gasteiger charge is 2.09. The van der Waals surface area contributed by atoms with Crippen LogP contribution >= 0.6 is 0 Å². The molecule has 1 heterocycles. The molecule has 32 heavy (non-hydrogen) atoms. The number of benzene rings is 2. The normalized spacial score (nSPS) is 11.5. The Kier molecular flexibility index (Phi) is 8.21. The molecule has 0 amide bonds. The number of aromatic nitrogens is 2. The summed E-state index contributed by atoms with van der Waals surface area (Å²) in [5.41, 5.74) is 3.43. The second-order valence-electron chi connectivity index (χ2n) is 7.36. The fourth-order valence-electron chi connectivity index (χ4n) is 3.25. The van der Waals surface area contributed by atoms with Crippen molar-refractivity contribution in [3.8, 4) is 11.4 Å². The van der Waals surface area contributed by atoms with Crippen LogP contribution in [-0.4, -0.2) is 42.9 Å². The minimum absolute atomic E-state index is 0.300. The molecule has 0 fully saturated rings. The van der Waals surface area contributed by atoms with Gasteiger partial charge >= 0.3 is 0 Å². The molecule has 0 aliphatic carbocycles. The van der Waals surface area contributed by atoms with Crippen LogP contribution in [0.4, 0.5) is 4.39 Å². The number of nitrogens with zero attached hydrogens (tertiary/aromatic N) is 3. The van der Waals surface area contributed by atoms with Crippen molar-refractivity contribution >= 4 is 5.96 Å². The first-order valence-corrected chi connectivity index (χ1v) is 10.5. The molecule has 0 aliphatic heterocycles. The first kappa shape index (κ1) is 23.3. The van der Waals surface area contributed by atoms with Gasteiger partial charge in [-0.25, -0.2) is 9.37 Å². The number of aryl methyl sites for hydroxylation is 2. The smallest absolute Gasteiger partial charge is 0.191 e. The number of nitrogens with one attached hydrogen (secondary N) is 2. The number of rotatable bonds is 9. The zero-order valence-electron chi connectivity index (χ0n) is 19.0. The third-order valence-electron chi connectivity index (χ3n) is 4.99. The van der Waals surface area contributed by atoms with Gasteiger partial charge in [-0.05, 0) is 43.2 Å². The molecule has 0 saturated heterocycles. The van der Waals surface area contributed by atoms with E-state index < -0.39 is 0 Å². The van der Waals surface area contributed by atoms with E-state index in [0.717, 1.165) is 28.3 Å². The van der Waals surface area contributed by atoms with E-state index in [2.05, 4.69) is 20.6 Å². The molecule has 7 nitrogen and oxygen atoms in total. The lowest BCUT2D eigenvalue weighted by molar-refractivity contribution is 0.145. The highest BCUT2D eigenvalue weighted by molar-refractivity contribution is 5.79. The number of imidazole rings is 1. The second kappa shape index (κ2) is 11.3. The van der Waals surface area contributed by atoms with Crippen molar-refractivity contribution in [1.82, 2.24) is 20.2 Å². The molecule has 2 N–H and O–H groups in total. The Morgan fingerprint density at radius 1 is 1.09 bits per heavy atom. The summed E-state index contributed by atoms with van der Waals surface area (Å²) in [6.45, 7) is 5.85. The fourth-order valence-corrected chi connectivity index (χ4v) is 3.25. The van der Waals surface area contributed by atoms with Crippen LogP contribution in [0.15, 0.2) is 53.8 Å². The van der Waals surface area contributed by atoms with Gasteiger partial charge in [0.25, 0.3) is 0 Å². The number of guanidine groups is 1. The lowest BCUT2D eigenvalue weighted by Crippen LogP contribution is -2.36. The van der Waals surface area contributed by atoms with E-state index in [0.29, 0.717) is 38.0 Å². The Hall–Kier alpha value is -3.39. The molecule has 0 bridgehead atoms. The molecular formula is C24H30FN5O2. The minimum atomic E-state index is -0.300. The Morgan fingerprint density at radius 2 is 1.91 bits per heavy atom. The number of aliphatic imine (C=N–C) groups is 1. The highest BCUT2D eigenvalue weighted by Crippen LogP contribution is 2.20. The number of hydrogen-bond acceptors (Lipinski definition) is 4. The molecule has 2 aromatic carbocycles. The second-order valence-corrected chi connectivity index (χ2v) is 7.36. The van der Waals surface area contributed by atoms with Crippen molar-refractivity contribution in [3.05, 3.63) is 77.1 Å². The maximum atomic E-state index is 14.6. The summed E-state index contributed by atoms with van der Waals surface area (Å²) in [4.78, 5) is 8.41. The van der Waals surface area contributed by atoms with E-state index in [9.17, 15) is 4.39 Å². The standard InChI is InChI=1S/C24H30FN5O2/c1-17-5-7-20(23(13-17)32-12-11-31-4)16-29-24(26-3)28-15-19-6-8-22(21(25)14-19)30-10-9-27-18(30)2/h5-10,13-14H,11-12,15-16H2,1-4H3,(H2,26,28,29). The van der Waals surface area contributed by atoms with E-state index >= 15 is 0 Å². The Bertz CT molecular complexity index is 1060. The molecular weight excluding hydrogens is 409 g/mol. The van der Waals surface area contributed by atoms with Gasteiger partial charge in [-0.2, -0.15) is 0 Å². The van der Waals surface area contributed by atoms with E-state index in [1.807, 2.05) is 38.1 Å². The molecule has 1 aromatic heterocycles. The first-order chi connectivity index (χ1) is 15.5. The van der Waals surface area contributed by atoms with Gasteiger partial charge in [0.2, 0.25) is 0 Å². The third-order valence-corrected chi connectivity index (χ3v) is 4.99. The minimum Gasteiger partial charge on any atom is -0.491 e. The van der Waals surface area contributed by atoms with E-state index in [1.165, 1.54) is 6.07 Å². The van der Waals surface area contributed by atoms with Crippen LogP contribution in [0.5, 0.6) is 5.75 Å². The van der Waals surface area contributed by atoms with Gasteiger partial charge in [0, 0.05) is 45.2 Å². The largest absolute Gasteiger partial charge is 0.491 e. The zero-order chi connectivity index (χ0) is 22.9. The van der Waals surface area contributed by atoms with Crippen LogP contribution in [0, 0.1) is 19.7 Å². The lowest BCUT2D eigenvalue weighted by atomic mass is 10.1. The number of ether oxygens (including phenoxy) is 2. The summed E-state index contributed by atoms with van der Waals surface area (Å²) in [6.07, 6.45) is 3.40. The maximum Gasteiger partial charge on any atom is 0.191 e. The van der Waals surface area contributed by atoms with Crippen LogP contribution in [0.25, 0.3) is 5.69 Å². The monoisotopic (exact) mass is 439 g/mol. The molecule has 0 atom stereocenters. The molecule has 0 saturated carbocycles. The van der Waals surface area contributed by atoms with Crippen LogP contribution < -0.4 is 15.4 Å². The predicted molar refractivity (Wildman–Crippen MR) is 124 cm³/mol. The Morgan fingerprint density at radius 3 is 2.59 bits per heavy atom. The summed E-state index contributed by atoms with van der Waals surface area (Å²) in [6, 6.07) is 11.3. The van der Waals surface area contributed by atoms with E-state index in [1.54, 1.807) is 37.2 Å². The van der Waals surface area contributed by atoms with Crippen LogP contribution in [0.3, 0.4) is 0 Å².